The van der Waals surface area contributed by atoms with Gasteiger partial charge in [0.05, 0.1) is 0 Å². The summed E-state index contributed by atoms with van der Waals surface area (Å²) in [4.78, 5) is 26.6. The molecule has 1 aliphatic carbocycles. The molecule has 0 aromatic heterocycles. The van der Waals surface area contributed by atoms with Gasteiger partial charge in [-0.25, -0.2) is 0 Å². The summed E-state index contributed by atoms with van der Waals surface area (Å²) in [5.41, 5.74) is 0.321. The van der Waals surface area contributed by atoms with Crippen LogP contribution >= 0.6 is 0 Å². The largest absolute Gasteiger partial charge is 0.356 e. The number of carbonyl (C=O) groups excluding carboxylic acids is 2. The lowest BCUT2D eigenvalue weighted by Gasteiger charge is -2.34. The average molecular weight is 321 g/mol. The number of rotatable bonds is 4. The molecule has 3 aliphatic rings. The topological polar surface area (TPSA) is 61.4 Å². The Morgan fingerprint density at radius 1 is 1.30 bits per heavy atom. The van der Waals surface area contributed by atoms with Gasteiger partial charge in [0.2, 0.25) is 11.8 Å². The molecule has 2 N–H and O–H groups in total. The van der Waals surface area contributed by atoms with Gasteiger partial charge in [-0.15, -0.1) is 0 Å². The van der Waals surface area contributed by atoms with E-state index in [1.807, 2.05) is 13.8 Å². The van der Waals surface area contributed by atoms with Crippen LogP contribution in [0.15, 0.2) is 0 Å². The zero-order chi connectivity index (χ0) is 16.4. The van der Waals surface area contributed by atoms with Crippen LogP contribution < -0.4 is 10.6 Å². The fourth-order valence-electron chi connectivity index (χ4n) is 4.28. The Labute approximate surface area is 139 Å². The predicted molar refractivity (Wildman–Crippen MR) is 89.8 cm³/mol. The summed E-state index contributed by atoms with van der Waals surface area (Å²) in [6.07, 6.45) is 5.59. The van der Waals surface area contributed by atoms with Crippen LogP contribution in [0.1, 0.15) is 46.0 Å². The number of nitrogens with one attached hydrogen (secondary N) is 2. The molecule has 130 valence electrons. The highest BCUT2D eigenvalue weighted by Gasteiger charge is 2.58. The van der Waals surface area contributed by atoms with Crippen molar-refractivity contribution in [1.29, 1.82) is 0 Å². The normalized spacial score (nSPS) is 29.6. The number of hydrogen-bond acceptors (Lipinski definition) is 3. The fraction of sp³-hybridized carbons (Fsp3) is 0.889. The van der Waals surface area contributed by atoms with Crippen LogP contribution in [0.4, 0.5) is 0 Å². The van der Waals surface area contributed by atoms with Crippen molar-refractivity contribution in [3.05, 3.63) is 0 Å². The van der Waals surface area contributed by atoms with Crippen molar-refractivity contribution < 1.29 is 9.59 Å². The Hall–Kier alpha value is -1.10. The zero-order valence-corrected chi connectivity index (χ0v) is 14.6. The minimum absolute atomic E-state index is 0.0301. The highest BCUT2D eigenvalue weighted by Crippen LogP contribution is 2.59. The lowest BCUT2D eigenvalue weighted by Crippen LogP contribution is -2.45. The first-order chi connectivity index (χ1) is 11.0. The summed E-state index contributed by atoms with van der Waals surface area (Å²) in [6, 6.07) is 0. The number of piperidine rings is 2. The van der Waals surface area contributed by atoms with E-state index in [-0.39, 0.29) is 17.7 Å². The molecule has 0 aromatic rings. The molecule has 1 saturated carbocycles. The highest BCUT2D eigenvalue weighted by molar-refractivity contribution is 5.83. The number of amides is 2. The molecule has 5 nitrogen and oxygen atoms in total. The van der Waals surface area contributed by atoms with Gasteiger partial charge in [0, 0.05) is 31.5 Å². The maximum absolute atomic E-state index is 12.8. The predicted octanol–water partition coefficient (Wildman–Crippen LogP) is 1.39. The zero-order valence-electron chi connectivity index (χ0n) is 14.6. The maximum atomic E-state index is 12.8. The Kier molecular flexibility index (Phi) is 4.95. The summed E-state index contributed by atoms with van der Waals surface area (Å²) < 4.78 is 0. The molecule has 3 fully saturated rings. The van der Waals surface area contributed by atoms with E-state index < -0.39 is 0 Å². The Morgan fingerprint density at radius 3 is 2.74 bits per heavy atom. The number of nitrogens with zero attached hydrogens (tertiary/aromatic N) is 1. The van der Waals surface area contributed by atoms with Gasteiger partial charge in [0.15, 0.2) is 0 Å². The van der Waals surface area contributed by atoms with Crippen molar-refractivity contribution in [1.82, 2.24) is 15.5 Å². The van der Waals surface area contributed by atoms with E-state index in [9.17, 15) is 9.59 Å². The van der Waals surface area contributed by atoms with E-state index in [1.165, 1.54) is 0 Å². The number of likely N-dealkylation sites (tertiary alicyclic amines) is 1. The minimum atomic E-state index is 0.0301. The molecule has 2 atom stereocenters. The molecule has 1 spiro atoms. The van der Waals surface area contributed by atoms with Crippen molar-refractivity contribution in [2.75, 3.05) is 32.7 Å². The smallest absolute Gasteiger partial charge is 0.226 e. The van der Waals surface area contributed by atoms with Gasteiger partial charge >= 0.3 is 0 Å². The van der Waals surface area contributed by atoms with Gasteiger partial charge < -0.3 is 15.5 Å². The summed E-state index contributed by atoms with van der Waals surface area (Å²) in [5, 5.41) is 6.43. The van der Waals surface area contributed by atoms with Crippen molar-refractivity contribution in [3.8, 4) is 0 Å². The third-order valence-corrected chi connectivity index (χ3v) is 6.01. The van der Waals surface area contributed by atoms with Crippen LogP contribution in [0.3, 0.4) is 0 Å². The van der Waals surface area contributed by atoms with Crippen LogP contribution in [0.2, 0.25) is 0 Å². The second-order valence-electron chi connectivity index (χ2n) is 8.06. The van der Waals surface area contributed by atoms with Gasteiger partial charge in [0.1, 0.15) is 0 Å². The van der Waals surface area contributed by atoms with Crippen molar-refractivity contribution in [3.63, 3.8) is 0 Å². The molecule has 3 rings (SSSR count). The van der Waals surface area contributed by atoms with Gasteiger partial charge in [-0.2, -0.15) is 0 Å². The molecule has 0 bridgehead atoms. The summed E-state index contributed by atoms with van der Waals surface area (Å²) in [5.74, 6) is 1.21. The van der Waals surface area contributed by atoms with Crippen molar-refractivity contribution in [2.24, 2.45) is 23.2 Å². The molecular formula is C18H31N3O2. The Balaban J connectivity index is 1.48. The van der Waals surface area contributed by atoms with E-state index in [4.69, 9.17) is 0 Å². The van der Waals surface area contributed by atoms with E-state index in [1.54, 1.807) is 0 Å². The number of hydrogen-bond donors (Lipinski definition) is 2. The molecule has 0 radical (unpaired) electrons. The van der Waals surface area contributed by atoms with Crippen LogP contribution in [0.5, 0.6) is 0 Å². The molecule has 0 aromatic carbocycles. The van der Waals surface area contributed by atoms with Gasteiger partial charge in [-0.1, -0.05) is 13.8 Å². The van der Waals surface area contributed by atoms with E-state index in [0.29, 0.717) is 23.8 Å². The molecular weight excluding hydrogens is 290 g/mol. The minimum Gasteiger partial charge on any atom is -0.356 e. The Bertz CT molecular complexity index is 457. The van der Waals surface area contributed by atoms with Crippen LogP contribution in [-0.2, 0) is 9.59 Å². The summed E-state index contributed by atoms with van der Waals surface area (Å²) in [6.45, 7) is 8.39. The van der Waals surface area contributed by atoms with Crippen LogP contribution in [0, 0.1) is 23.2 Å². The highest BCUT2D eigenvalue weighted by atomic mass is 16.2. The Morgan fingerprint density at radius 2 is 2.04 bits per heavy atom. The number of carbonyl (C=O) groups is 2. The molecule has 2 aliphatic heterocycles. The van der Waals surface area contributed by atoms with Gasteiger partial charge in [0.25, 0.3) is 0 Å². The molecule has 2 saturated heterocycles. The summed E-state index contributed by atoms with van der Waals surface area (Å²) >= 11 is 0. The second kappa shape index (κ2) is 6.80. The van der Waals surface area contributed by atoms with Crippen molar-refractivity contribution >= 4 is 11.8 Å². The monoisotopic (exact) mass is 321 g/mol. The lowest BCUT2D eigenvalue weighted by atomic mass is 9.91. The third-order valence-electron chi connectivity index (χ3n) is 6.01. The maximum Gasteiger partial charge on any atom is 0.226 e. The molecule has 2 heterocycles. The molecule has 5 heteroatoms. The van der Waals surface area contributed by atoms with E-state index in [2.05, 4.69) is 15.5 Å². The van der Waals surface area contributed by atoms with Gasteiger partial charge in [-0.3, -0.25) is 9.59 Å². The first-order valence-electron chi connectivity index (χ1n) is 9.29. The lowest BCUT2D eigenvalue weighted by molar-refractivity contribution is -0.135. The molecule has 23 heavy (non-hydrogen) atoms. The SMILES string of the molecule is CC(C)C(=O)NCC1CCCN(C(=O)C2CC23CCNCC3)C1. The average Bonchev–Trinajstić information content (AvgIpc) is 3.25. The van der Waals surface area contributed by atoms with E-state index >= 15 is 0 Å². The van der Waals surface area contributed by atoms with E-state index in [0.717, 1.165) is 58.3 Å². The van der Waals surface area contributed by atoms with Crippen LogP contribution in [-0.4, -0.2) is 49.4 Å². The first-order valence-corrected chi connectivity index (χ1v) is 9.29. The third kappa shape index (κ3) is 3.70. The van der Waals surface area contributed by atoms with Crippen LogP contribution in [0.25, 0.3) is 0 Å². The molecule has 2 unspecified atom stereocenters. The van der Waals surface area contributed by atoms with Gasteiger partial charge in [-0.05, 0) is 56.5 Å². The molecule has 2 amide bonds. The summed E-state index contributed by atoms with van der Waals surface area (Å²) in [7, 11) is 0. The second-order valence-corrected chi connectivity index (χ2v) is 8.06. The first kappa shape index (κ1) is 16.7. The quantitative estimate of drug-likeness (QED) is 0.822. The van der Waals surface area contributed by atoms with Crippen molar-refractivity contribution in [2.45, 2.75) is 46.0 Å². The fourth-order valence-corrected chi connectivity index (χ4v) is 4.28. The standard InChI is InChI=1S/C18H31N3O2/c1-13(2)16(22)20-11-14-4-3-9-21(12-14)17(23)15-10-18(15)5-7-19-8-6-18/h13-15,19H,3-12H2,1-2H3,(H,20,22).